The van der Waals surface area contributed by atoms with E-state index in [1.807, 2.05) is 82.4 Å². The lowest BCUT2D eigenvalue weighted by Crippen LogP contribution is -2.54. The first kappa shape index (κ1) is 65.4. The molecule has 4 N–H and O–H groups in total. The van der Waals surface area contributed by atoms with E-state index in [1.165, 1.54) is 11.3 Å². The summed E-state index contributed by atoms with van der Waals surface area (Å²) in [6.45, 7) is 16.9. The number of nitrogens with two attached hydrogens (primary N) is 1. The van der Waals surface area contributed by atoms with Gasteiger partial charge in [0.1, 0.15) is 36.0 Å². The van der Waals surface area contributed by atoms with Crippen molar-refractivity contribution < 1.29 is 55.8 Å². The second-order valence-corrected chi connectivity index (χ2v) is 31.2. The molecule has 6 aliphatic rings. The molecule has 8 atom stereocenters. The van der Waals surface area contributed by atoms with E-state index >= 15 is 0 Å². The number of para-hydroxylation sites is 1. The summed E-state index contributed by atoms with van der Waals surface area (Å²) in [5.74, 6) is 1.55. The molecule has 0 spiro atoms. The summed E-state index contributed by atoms with van der Waals surface area (Å²) in [5.41, 5.74) is 12.0. The van der Waals surface area contributed by atoms with Crippen molar-refractivity contribution in [1.82, 2.24) is 40.4 Å². The van der Waals surface area contributed by atoms with Gasteiger partial charge in [-0.1, -0.05) is 55.4 Å². The number of hydrogen-bond donors (Lipinski definition) is 3. The van der Waals surface area contributed by atoms with Crippen molar-refractivity contribution in [2.24, 2.45) is 11.8 Å². The number of phenols is 1. The first-order valence-electron chi connectivity index (χ1n) is 32.7. The molecular formula is C67H86N12O12S2. The van der Waals surface area contributed by atoms with Gasteiger partial charge in [-0.2, -0.15) is 0 Å². The Morgan fingerprint density at radius 2 is 1.55 bits per heavy atom. The number of aromatic nitrogens is 5. The van der Waals surface area contributed by atoms with Crippen LogP contribution in [-0.4, -0.2) is 179 Å². The quantitative estimate of drug-likeness (QED) is 0.0421. The first-order chi connectivity index (χ1) is 44.7. The molecule has 0 radical (unpaired) electrons. The van der Waals surface area contributed by atoms with Crippen molar-refractivity contribution in [1.29, 1.82) is 0 Å². The van der Waals surface area contributed by atoms with Crippen LogP contribution in [0.2, 0.25) is 0 Å². The van der Waals surface area contributed by atoms with Gasteiger partial charge in [-0.05, 0) is 119 Å². The van der Waals surface area contributed by atoms with Crippen molar-refractivity contribution in [2.45, 2.75) is 165 Å². The summed E-state index contributed by atoms with van der Waals surface area (Å²) in [6.07, 6.45) is 9.84. The fraction of sp³-hybridized carbons (Fsp3) is 0.552. The van der Waals surface area contributed by atoms with Crippen molar-refractivity contribution in [2.75, 3.05) is 79.0 Å². The number of piperazine rings is 1. The zero-order chi connectivity index (χ0) is 65.2. The molecule has 2 amide bonds. The largest absolute Gasteiger partial charge is 0.508 e. The lowest BCUT2D eigenvalue weighted by Gasteiger charge is -2.43. The van der Waals surface area contributed by atoms with E-state index < -0.39 is 56.4 Å². The van der Waals surface area contributed by atoms with Gasteiger partial charge >= 0.3 is 6.16 Å². The van der Waals surface area contributed by atoms with Crippen molar-refractivity contribution in [3.05, 3.63) is 102 Å². The van der Waals surface area contributed by atoms with Gasteiger partial charge in [0.15, 0.2) is 38.4 Å². The van der Waals surface area contributed by atoms with Crippen LogP contribution in [0, 0.1) is 18.8 Å². The summed E-state index contributed by atoms with van der Waals surface area (Å²) in [5, 5.41) is 26.1. The fourth-order valence-electron chi connectivity index (χ4n) is 14.2. The Morgan fingerprint density at radius 3 is 2.24 bits per heavy atom. The number of rotatable bonds is 22. The number of carbonyl (C=O) groups excluding carboxylic acids is 3. The minimum absolute atomic E-state index is 0.00442. The molecule has 2 bridgehead atoms. The van der Waals surface area contributed by atoms with Crippen LogP contribution in [0.25, 0.3) is 22.6 Å². The average molecular weight is 1320 g/mol. The number of carbonyl (C=O) groups is 3. The number of benzene rings is 2. The average Bonchev–Trinajstić information content (AvgIpc) is 1.70. The second-order valence-electron chi connectivity index (χ2n) is 26.5. The number of oxazole rings is 1. The highest BCUT2D eigenvalue weighted by molar-refractivity contribution is 8.72. The van der Waals surface area contributed by atoms with Gasteiger partial charge in [0.25, 0.3) is 0 Å². The minimum Gasteiger partial charge on any atom is -0.507 e. The molecule has 26 heteroatoms. The lowest BCUT2D eigenvalue weighted by atomic mass is 9.91. The number of phenolic OH excluding ortho intramolecular Hbond substituents is 1. The number of anilines is 4. The van der Waals surface area contributed by atoms with Gasteiger partial charge in [-0.15, -0.1) is 10.2 Å². The molecule has 9 heterocycles. The highest BCUT2D eigenvalue weighted by Gasteiger charge is 2.47. The third-order valence-corrected chi connectivity index (χ3v) is 22.4. The van der Waals surface area contributed by atoms with Gasteiger partial charge in [-0.25, -0.2) is 23.2 Å². The van der Waals surface area contributed by atoms with E-state index in [9.17, 15) is 27.9 Å². The topological polar surface area (TPSA) is 287 Å². The predicted octanol–water partition coefficient (Wildman–Crippen LogP) is 9.15. The molecular weight excluding hydrogens is 1230 g/mol. The van der Waals surface area contributed by atoms with Crippen molar-refractivity contribution in [3.8, 4) is 34.2 Å². The molecule has 5 saturated heterocycles. The number of nitrogens with one attached hydrogen (secondary N) is 1. The maximum atomic E-state index is 15.0. The molecule has 6 aromatic rings. The Morgan fingerprint density at radius 1 is 0.817 bits per heavy atom. The van der Waals surface area contributed by atoms with Crippen LogP contribution in [0.3, 0.4) is 0 Å². The molecule has 1 aliphatic carbocycles. The number of aromatic hydroxyl groups is 1. The molecule has 1 saturated carbocycles. The highest BCUT2D eigenvalue weighted by Crippen LogP contribution is 2.42. The number of amides is 2. The Labute approximate surface area is 546 Å². The van der Waals surface area contributed by atoms with Gasteiger partial charge < -0.3 is 68.5 Å². The van der Waals surface area contributed by atoms with E-state index in [1.54, 1.807) is 26.0 Å². The zero-order valence-corrected chi connectivity index (χ0v) is 55.5. The second kappa shape index (κ2) is 28.1. The Bertz CT molecular complexity index is 3690. The summed E-state index contributed by atoms with van der Waals surface area (Å²) >= 11 is 0. The monoisotopic (exact) mass is 1310 g/mol. The number of pyridine rings is 1. The smallest absolute Gasteiger partial charge is 0.507 e. The van der Waals surface area contributed by atoms with Crippen LogP contribution < -0.4 is 30.5 Å². The molecule has 2 aromatic carbocycles. The molecule has 24 nitrogen and oxygen atoms in total. The van der Waals surface area contributed by atoms with Gasteiger partial charge in [-0.3, -0.25) is 9.59 Å². The van der Waals surface area contributed by atoms with Crippen LogP contribution in [0.5, 0.6) is 11.6 Å². The standard InChI is InChI=1S/C67H86N12O12S2/c1-39(2)62(66(82)78-37-53(90-67(83)87-42(5)43(6)92-93(7,84)85)31-57(78)65(81)71-40(3)45-12-14-46(15-13-45)63-41(4)70-38-86-63)59-33-60(74-91-59)76-26-19-44(20-27-76)34-75-24-21-50(22-25-75)88-51-29-52(30-51)89-61-28-47(18-23-69-61)79-48-16-17-49(79)36-77(35-48)56-32-55(72-73-64(56)68)54-10-8-9-11-58(54)80/h8-15,18,23,28,32-33,38-40,42-44,48-53,57,62,80H,16-17,19-22,24-27,29-31,34-37H2,1-7H3,(H2,68,73)(H,71,81)/t40-,42?,43?,48?,49?,51?,52?,53+,57-,62+/m0/s1. The number of nitrogens with zero attached hydrogens (tertiary/aromatic N) is 10. The number of aryl methyl sites for hydroxylation is 1. The normalized spacial score (nSPS) is 23.5. The van der Waals surface area contributed by atoms with E-state index in [0.717, 1.165) is 132 Å². The number of ether oxygens (including phenoxy) is 4. The SMILES string of the molecule is Cc1ncoc1-c1ccc([C@H](C)NC(=O)[C@@H]2C[C@@H](OC(=O)OC(C)C(C)SS(C)(=O)=O)CN2C(=O)[C@@H](c2cc(N3CCC(CN4CCC(OC5CC(Oc6cc(N7C8CCC7CN(c7cc(-c9ccccc9O)nnc7N)C8)ccn6)C5)CC4)CC3)no2)C(C)C)cc1. The molecule has 4 unspecified atom stereocenters. The summed E-state index contributed by atoms with van der Waals surface area (Å²) < 4.78 is 59.9. The van der Waals surface area contributed by atoms with Gasteiger partial charge in [0.05, 0.1) is 47.1 Å². The van der Waals surface area contributed by atoms with Crippen LogP contribution in [-0.2, 0) is 32.7 Å². The molecule has 498 valence electrons. The maximum absolute atomic E-state index is 15.0. The first-order valence-corrected chi connectivity index (χ1v) is 36.0. The van der Waals surface area contributed by atoms with Crippen molar-refractivity contribution in [3.63, 3.8) is 0 Å². The predicted molar refractivity (Wildman–Crippen MR) is 352 cm³/mol. The van der Waals surface area contributed by atoms with E-state index in [-0.39, 0.29) is 60.9 Å². The highest BCUT2D eigenvalue weighted by atomic mass is 33.1. The number of nitrogen functional groups attached to an aromatic ring is 1. The number of piperidine rings is 2. The van der Waals surface area contributed by atoms with Gasteiger partial charge in [0, 0.05) is 119 Å². The summed E-state index contributed by atoms with van der Waals surface area (Å²) in [4.78, 5) is 62.5. The van der Waals surface area contributed by atoms with Gasteiger partial charge in [0.2, 0.25) is 17.7 Å². The molecule has 6 fully saturated rings. The van der Waals surface area contributed by atoms with Crippen LogP contribution in [0.4, 0.5) is 27.8 Å². The Hall–Kier alpha value is -7.68. The number of likely N-dealkylation sites (tertiary alicyclic amines) is 2. The minimum atomic E-state index is -3.42. The van der Waals surface area contributed by atoms with E-state index in [4.69, 9.17) is 33.6 Å². The van der Waals surface area contributed by atoms with E-state index in [0.29, 0.717) is 57.0 Å². The third-order valence-electron chi connectivity index (χ3n) is 19.4. The number of hydrogen-bond acceptors (Lipinski definition) is 23. The fourth-order valence-corrected chi connectivity index (χ4v) is 17.1. The number of fused-ring (bicyclic) bond motifs is 2. The van der Waals surface area contributed by atoms with Crippen molar-refractivity contribution >= 4 is 60.6 Å². The van der Waals surface area contributed by atoms with E-state index in [2.05, 4.69) is 62.4 Å². The molecule has 93 heavy (non-hydrogen) atoms. The molecule has 12 rings (SSSR count). The Kier molecular flexibility index (Phi) is 19.8. The Balaban J connectivity index is 0.592. The van der Waals surface area contributed by atoms with Crippen LogP contribution >= 0.6 is 10.8 Å². The maximum Gasteiger partial charge on any atom is 0.508 e. The van der Waals surface area contributed by atoms with Crippen LogP contribution in [0.15, 0.2) is 94.3 Å². The summed E-state index contributed by atoms with van der Waals surface area (Å²) in [7, 11) is -2.73. The van der Waals surface area contributed by atoms with Crippen LogP contribution in [0.1, 0.15) is 121 Å². The third kappa shape index (κ3) is 15.3. The summed E-state index contributed by atoms with van der Waals surface area (Å²) in [6, 6.07) is 21.8. The molecule has 4 aromatic heterocycles. The lowest BCUT2D eigenvalue weighted by molar-refractivity contribution is -0.141. The zero-order valence-electron chi connectivity index (χ0n) is 53.9. The molecule has 5 aliphatic heterocycles.